The lowest BCUT2D eigenvalue weighted by atomic mass is 10.0. The van der Waals surface area contributed by atoms with Crippen LogP contribution in [0.5, 0.6) is 0 Å². The molecule has 1 atom stereocenters. The maximum atomic E-state index is 6.03. The summed E-state index contributed by atoms with van der Waals surface area (Å²) in [7, 11) is 0. The molecule has 0 saturated carbocycles. The van der Waals surface area contributed by atoms with Gasteiger partial charge in [-0.05, 0) is 39.2 Å². The molecule has 1 aromatic rings. The Balaban J connectivity index is 1.82. The van der Waals surface area contributed by atoms with Crippen molar-refractivity contribution in [3.63, 3.8) is 0 Å². The Morgan fingerprint density at radius 3 is 2.19 bits per heavy atom. The molecule has 0 bridgehead atoms. The largest absolute Gasteiger partial charge is 0.329 e. The average molecular weight is 289 g/mol. The lowest BCUT2D eigenvalue weighted by molar-refractivity contribution is 0.0419. The predicted octanol–water partition coefficient (Wildman–Crippen LogP) is 2.36. The van der Waals surface area contributed by atoms with Crippen LogP contribution in [0.2, 0.25) is 0 Å². The highest BCUT2D eigenvalue weighted by molar-refractivity contribution is 5.14. The predicted molar refractivity (Wildman–Crippen MR) is 90.5 cm³/mol. The minimum absolute atomic E-state index is 0.286. The van der Waals surface area contributed by atoms with Gasteiger partial charge in [-0.2, -0.15) is 0 Å². The van der Waals surface area contributed by atoms with Crippen LogP contribution in [-0.4, -0.2) is 54.1 Å². The van der Waals surface area contributed by atoms with Crippen LogP contribution in [0.4, 0.5) is 0 Å². The fraction of sp³-hybridized carbons (Fsp3) is 0.667. The van der Waals surface area contributed by atoms with Crippen LogP contribution in [0.25, 0.3) is 0 Å². The summed E-state index contributed by atoms with van der Waals surface area (Å²) in [5.41, 5.74) is 7.74. The number of aryl methyl sites for hydroxylation is 1. The Kier molecular flexibility index (Phi) is 5.80. The van der Waals surface area contributed by atoms with Gasteiger partial charge >= 0.3 is 0 Å². The monoisotopic (exact) mass is 289 g/mol. The van der Waals surface area contributed by atoms with Gasteiger partial charge in [0.2, 0.25) is 0 Å². The van der Waals surface area contributed by atoms with E-state index in [4.69, 9.17) is 5.73 Å². The van der Waals surface area contributed by atoms with E-state index in [1.54, 1.807) is 0 Å². The van der Waals surface area contributed by atoms with E-state index in [0.29, 0.717) is 6.04 Å². The Bertz CT molecular complexity index is 402. The van der Waals surface area contributed by atoms with Gasteiger partial charge in [0.05, 0.1) is 0 Å². The SMILES string of the molecule is CC(C)(C)N1CCN(C(CN)CCc2ccccc2)CC1. The zero-order valence-electron chi connectivity index (χ0n) is 13.9. The van der Waals surface area contributed by atoms with Crippen LogP contribution in [0.15, 0.2) is 30.3 Å². The van der Waals surface area contributed by atoms with Gasteiger partial charge in [0.15, 0.2) is 0 Å². The fourth-order valence-corrected chi connectivity index (χ4v) is 3.19. The van der Waals surface area contributed by atoms with E-state index in [9.17, 15) is 0 Å². The van der Waals surface area contributed by atoms with Crippen molar-refractivity contribution in [2.45, 2.75) is 45.2 Å². The van der Waals surface area contributed by atoms with Crippen LogP contribution >= 0.6 is 0 Å². The summed E-state index contributed by atoms with van der Waals surface area (Å²) < 4.78 is 0. The Labute approximate surface area is 130 Å². The fourth-order valence-electron chi connectivity index (χ4n) is 3.19. The first-order chi connectivity index (χ1) is 10.0. The summed E-state index contributed by atoms with van der Waals surface area (Å²) in [4.78, 5) is 5.17. The molecule has 1 fully saturated rings. The molecular weight excluding hydrogens is 258 g/mol. The number of rotatable bonds is 5. The summed E-state index contributed by atoms with van der Waals surface area (Å²) in [6, 6.07) is 11.3. The Hall–Kier alpha value is -0.900. The maximum Gasteiger partial charge on any atom is 0.0222 e. The van der Waals surface area contributed by atoms with Crippen LogP contribution in [-0.2, 0) is 6.42 Å². The van der Waals surface area contributed by atoms with Crippen molar-refractivity contribution < 1.29 is 0 Å². The molecule has 3 heteroatoms. The number of hydrogen-bond acceptors (Lipinski definition) is 3. The first-order valence-electron chi connectivity index (χ1n) is 8.24. The second-order valence-electron chi connectivity index (χ2n) is 7.11. The second-order valence-corrected chi connectivity index (χ2v) is 7.11. The van der Waals surface area contributed by atoms with E-state index in [-0.39, 0.29) is 5.54 Å². The standard InChI is InChI=1S/C18H31N3/c1-18(2,3)21-13-11-20(12-14-21)17(15-19)10-9-16-7-5-4-6-8-16/h4-8,17H,9-15,19H2,1-3H3. The van der Waals surface area contributed by atoms with Crippen molar-refractivity contribution >= 4 is 0 Å². The molecule has 0 aliphatic carbocycles. The minimum Gasteiger partial charge on any atom is -0.329 e. The molecule has 1 aromatic carbocycles. The second kappa shape index (κ2) is 7.39. The number of piperazine rings is 1. The van der Waals surface area contributed by atoms with E-state index in [1.165, 1.54) is 5.56 Å². The molecule has 118 valence electrons. The van der Waals surface area contributed by atoms with E-state index in [0.717, 1.165) is 45.6 Å². The maximum absolute atomic E-state index is 6.03. The molecule has 1 aliphatic heterocycles. The molecule has 2 N–H and O–H groups in total. The van der Waals surface area contributed by atoms with Crippen molar-refractivity contribution in [3.05, 3.63) is 35.9 Å². The highest BCUT2D eigenvalue weighted by atomic mass is 15.3. The third-order valence-corrected chi connectivity index (χ3v) is 4.66. The van der Waals surface area contributed by atoms with Crippen LogP contribution in [0, 0.1) is 0 Å². The van der Waals surface area contributed by atoms with Crippen molar-refractivity contribution in [1.29, 1.82) is 0 Å². The van der Waals surface area contributed by atoms with Gasteiger partial charge in [-0.15, -0.1) is 0 Å². The van der Waals surface area contributed by atoms with Crippen LogP contribution < -0.4 is 5.73 Å². The highest BCUT2D eigenvalue weighted by Crippen LogP contribution is 2.18. The first kappa shape index (κ1) is 16.5. The van der Waals surface area contributed by atoms with Gasteiger partial charge in [-0.1, -0.05) is 30.3 Å². The van der Waals surface area contributed by atoms with Gasteiger partial charge in [-0.3, -0.25) is 9.80 Å². The lowest BCUT2D eigenvalue weighted by Gasteiger charge is -2.44. The van der Waals surface area contributed by atoms with Crippen molar-refractivity contribution in [3.8, 4) is 0 Å². The normalized spacial score (nSPS) is 19.6. The Morgan fingerprint density at radius 2 is 1.67 bits per heavy atom. The molecule has 3 nitrogen and oxygen atoms in total. The molecule has 1 unspecified atom stereocenters. The molecule has 1 saturated heterocycles. The molecule has 0 radical (unpaired) electrons. The third kappa shape index (κ3) is 4.80. The van der Waals surface area contributed by atoms with E-state index in [1.807, 2.05) is 0 Å². The Morgan fingerprint density at radius 1 is 1.05 bits per heavy atom. The summed E-state index contributed by atoms with van der Waals surface area (Å²) in [6.45, 7) is 12.3. The molecular formula is C18H31N3. The molecule has 1 heterocycles. The molecule has 2 rings (SSSR count). The number of benzene rings is 1. The minimum atomic E-state index is 0.286. The number of nitrogens with two attached hydrogens (primary N) is 1. The smallest absolute Gasteiger partial charge is 0.0222 e. The molecule has 0 amide bonds. The van der Waals surface area contributed by atoms with Crippen molar-refractivity contribution in [2.24, 2.45) is 5.73 Å². The van der Waals surface area contributed by atoms with Gasteiger partial charge in [0.25, 0.3) is 0 Å². The van der Waals surface area contributed by atoms with E-state index < -0.39 is 0 Å². The van der Waals surface area contributed by atoms with Crippen LogP contribution in [0.3, 0.4) is 0 Å². The summed E-state index contributed by atoms with van der Waals surface area (Å²) in [5, 5.41) is 0. The van der Waals surface area contributed by atoms with E-state index in [2.05, 4.69) is 60.9 Å². The van der Waals surface area contributed by atoms with Gasteiger partial charge in [0.1, 0.15) is 0 Å². The molecule has 0 aromatic heterocycles. The third-order valence-electron chi connectivity index (χ3n) is 4.66. The number of nitrogens with zero attached hydrogens (tertiary/aromatic N) is 2. The van der Waals surface area contributed by atoms with Gasteiger partial charge in [0, 0.05) is 44.3 Å². The highest BCUT2D eigenvalue weighted by Gasteiger charge is 2.28. The molecule has 1 aliphatic rings. The van der Waals surface area contributed by atoms with Gasteiger partial charge in [-0.25, -0.2) is 0 Å². The lowest BCUT2D eigenvalue weighted by Crippen LogP contribution is -2.56. The van der Waals surface area contributed by atoms with Gasteiger partial charge < -0.3 is 5.73 Å². The zero-order valence-corrected chi connectivity index (χ0v) is 13.9. The van der Waals surface area contributed by atoms with Crippen molar-refractivity contribution in [1.82, 2.24) is 9.80 Å². The molecule has 0 spiro atoms. The summed E-state index contributed by atoms with van der Waals surface area (Å²) in [6.07, 6.45) is 2.29. The zero-order chi connectivity index (χ0) is 15.3. The van der Waals surface area contributed by atoms with E-state index >= 15 is 0 Å². The van der Waals surface area contributed by atoms with Crippen LogP contribution in [0.1, 0.15) is 32.8 Å². The topological polar surface area (TPSA) is 32.5 Å². The van der Waals surface area contributed by atoms with Crippen molar-refractivity contribution in [2.75, 3.05) is 32.7 Å². The average Bonchev–Trinajstić information content (AvgIpc) is 2.48. The molecule has 21 heavy (non-hydrogen) atoms. The quantitative estimate of drug-likeness (QED) is 0.903. The first-order valence-corrected chi connectivity index (χ1v) is 8.24. The summed E-state index contributed by atoms with van der Waals surface area (Å²) in [5.74, 6) is 0. The number of hydrogen-bond donors (Lipinski definition) is 1. The summed E-state index contributed by atoms with van der Waals surface area (Å²) >= 11 is 0.